The van der Waals surface area contributed by atoms with Gasteiger partial charge >= 0.3 is 0 Å². The molecule has 0 aliphatic carbocycles. The maximum atomic E-state index is 9.62. The van der Waals surface area contributed by atoms with E-state index in [0.717, 1.165) is 38.2 Å². The van der Waals surface area contributed by atoms with E-state index in [1.165, 1.54) is 5.56 Å². The summed E-state index contributed by atoms with van der Waals surface area (Å²) in [6, 6.07) is 8.56. The molecule has 0 spiro atoms. The number of nitrogens with one attached hydrogen (secondary N) is 1. The van der Waals surface area contributed by atoms with E-state index in [-0.39, 0.29) is 18.1 Å². The van der Waals surface area contributed by atoms with Crippen LogP contribution in [0.5, 0.6) is 5.75 Å². The summed E-state index contributed by atoms with van der Waals surface area (Å²) in [5.41, 5.74) is 1.25. The highest BCUT2D eigenvalue weighted by molar-refractivity contribution is 5.28. The van der Waals surface area contributed by atoms with E-state index in [1.807, 2.05) is 12.1 Å². The predicted octanol–water partition coefficient (Wildman–Crippen LogP) is 3.92. The van der Waals surface area contributed by atoms with E-state index in [2.05, 4.69) is 45.1 Å². The molecule has 0 aliphatic heterocycles. The molecule has 1 aromatic carbocycles. The van der Waals surface area contributed by atoms with Crippen molar-refractivity contribution in [3.05, 3.63) is 29.8 Å². The first-order valence-corrected chi connectivity index (χ1v) is 8.17. The van der Waals surface area contributed by atoms with Gasteiger partial charge in [0.05, 0.1) is 6.61 Å². The van der Waals surface area contributed by atoms with Crippen molar-refractivity contribution >= 4 is 0 Å². The smallest absolute Gasteiger partial charge is 0.119 e. The lowest BCUT2D eigenvalue weighted by molar-refractivity contribution is 0.110. The average molecular weight is 293 g/mol. The third-order valence-corrected chi connectivity index (χ3v) is 4.47. The van der Waals surface area contributed by atoms with E-state index >= 15 is 0 Å². The van der Waals surface area contributed by atoms with Crippen LogP contribution in [0.1, 0.15) is 58.6 Å². The molecule has 0 fully saturated rings. The van der Waals surface area contributed by atoms with Crippen LogP contribution in [0.4, 0.5) is 0 Å². The predicted molar refractivity (Wildman–Crippen MR) is 88.7 cm³/mol. The summed E-state index contributed by atoms with van der Waals surface area (Å²) in [7, 11) is 0. The SMILES string of the molecule is CCCOc1ccc(C(C)NCC(CC)(CC)CO)cc1. The summed E-state index contributed by atoms with van der Waals surface area (Å²) < 4.78 is 5.60. The van der Waals surface area contributed by atoms with Gasteiger partial charge in [0.1, 0.15) is 5.75 Å². The van der Waals surface area contributed by atoms with Gasteiger partial charge < -0.3 is 15.2 Å². The summed E-state index contributed by atoms with van der Waals surface area (Å²) in [5.74, 6) is 0.930. The van der Waals surface area contributed by atoms with Gasteiger partial charge in [-0.2, -0.15) is 0 Å². The molecule has 0 saturated carbocycles. The summed E-state index contributed by atoms with van der Waals surface area (Å²) in [6.45, 7) is 10.4. The zero-order valence-electron chi connectivity index (χ0n) is 14.0. The highest BCUT2D eigenvalue weighted by atomic mass is 16.5. The minimum absolute atomic E-state index is 0.00155. The van der Waals surface area contributed by atoms with Crippen molar-refractivity contribution in [2.75, 3.05) is 19.8 Å². The number of ether oxygens (including phenoxy) is 1. The Morgan fingerprint density at radius 1 is 1.14 bits per heavy atom. The minimum Gasteiger partial charge on any atom is -0.494 e. The molecule has 0 aromatic heterocycles. The molecule has 1 atom stereocenters. The van der Waals surface area contributed by atoms with Crippen LogP contribution >= 0.6 is 0 Å². The number of aliphatic hydroxyl groups excluding tert-OH is 1. The molecule has 1 rings (SSSR count). The van der Waals surface area contributed by atoms with Crippen LogP contribution in [-0.4, -0.2) is 24.9 Å². The molecule has 2 N–H and O–H groups in total. The quantitative estimate of drug-likeness (QED) is 0.687. The molecule has 1 unspecified atom stereocenters. The fourth-order valence-corrected chi connectivity index (χ4v) is 2.34. The average Bonchev–Trinajstić information content (AvgIpc) is 2.55. The summed E-state index contributed by atoms with van der Waals surface area (Å²) in [4.78, 5) is 0. The summed E-state index contributed by atoms with van der Waals surface area (Å²) in [6.07, 6.45) is 3.00. The van der Waals surface area contributed by atoms with Crippen molar-refractivity contribution in [2.45, 2.75) is 53.0 Å². The Labute approximate surface area is 129 Å². The van der Waals surface area contributed by atoms with Gasteiger partial charge in [-0.3, -0.25) is 0 Å². The second-order valence-electron chi connectivity index (χ2n) is 5.89. The Morgan fingerprint density at radius 2 is 1.76 bits per heavy atom. The molecule has 3 heteroatoms. The Balaban J connectivity index is 2.57. The Morgan fingerprint density at radius 3 is 2.24 bits per heavy atom. The summed E-state index contributed by atoms with van der Waals surface area (Å²) in [5, 5.41) is 13.2. The van der Waals surface area contributed by atoms with Gasteiger partial charge in [0, 0.05) is 24.6 Å². The minimum atomic E-state index is -0.00155. The number of hydrogen-bond acceptors (Lipinski definition) is 3. The molecule has 0 amide bonds. The van der Waals surface area contributed by atoms with E-state index in [0.29, 0.717) is 0 Å². The monoisotopic (exact) mass is 293 g/mol. The second kappa shape index (κ2) is 9.06. The van der Waals surface area contributed by atoms with E-state index in [1.54, 1.807) is 0 Å². The van der Waals surface area contributed by atoms with Gasteiger partial charge in [-0.25, -0.2) is 0 Å². The van der Waals surface area contributed by atoms with E-state index in [9.17, 15) is 5.11 Å². The third-order valence-electron chi connectivity index (χ3n) is 4.47. The first-order valence-electron chi connectivity index (χ1n) is 8.17. The zero-order chi connectivity index (χ0) is 15.7. The Bertz CT molecular complexity index is 376. The van der Waals surface area contributed by atoms with Crippen molar-refractivity contribution in [1.29, 1.82) is 0 Å². The van der Waals surface area contributed by atoms with Crippen molar-refractivity contribution < 1.29 is 9.84 Å². The maximum absolute atomic E-state index is 9.62. The molecule has 3 nitrogen and oxygen atoms in total. The van der Waals surface area contributed by atoms with Crippen LogP contribution in [0.25, 0.3) is 0 Å². The van der Waals surface area contributed by atoms with Gasteiger partial charge in [-0.1, -0.05) is 32.9 Å². The van der Waals surface area contributed by atoms with E-state index < -0.39 is 0 Å². The van der Waals surface area contributed by atoms with Gasteiger partial charge in [-0.15, -0.1) is 0 Å². The van der Waals surface area contributed by atoms with Crippen LogP contribution in [0.3, 0.4) is 0 Å². The number of benzene rings is 1. The van der Waals surface area contributed by atoms with Crippen LogP contribution in [0.15, 0.2) is 24.3 Å². The first kappa shape index (κ1) is 18.0. The van der Waals surface area contributed by atoms with E-state index in [4.69, 9.17) is 4.74 Å². The molecule has 0 saturated heterocycles. The maximum Gasteiger partial charge on any atom is 0.119 e. The van der Waals surface area contributed by atoms with Gasteiger partial charge in [-0.05, 0) is 43.9 Å². The zero-order valence-corrected chi connectivity index (χ0v) is 14.0. The topological polar surface area (TPSA) is 41.5 Å². The highest BCUT2D eigenvalue weighted by Crippen LogP contribution is 2.26. The molecule has 0 aliphatic rings. The van der Waals surface area contributed by atoms with Crippen LogP contribution in [0, 0.1) is 5.41 Å². The first-order chi connectivity index (χ1) is 10.1. The third kappa shape index (κ3) is 5.33. The van der Waals surface area contributed by atoms with Crippen molar-refractivity contribution in [3.63, 3.8) is 0 Å². The standard InChI is InChI=1S/C18H31NO2/c1-5-12-21-17-10-8-16(9-11-17)15(4)19-13-18(6-2,7-3)14-20/h8-11,15,19-20H,5-7,12-14H2,1-4H3. The van der Waals surface area contributed by atoms with Crippen molar-refractivity contribution in [2.24, 2.45) is 5.41 Å². The molecule has 0 bridgehead atoms. The molecular weight excluding hydrogens is 262 g/mol. The van der Waals surface area contributed by atoms with Crippen molar-refractivity contribution in [3.8, 4) is 5.75 Å². The fourth-order valence-electron chi connectivity index (χ4n) is 2.34. The van der Waals surface area contributed by atoms with Crippen molar-refractivity contribution in [1.82, 2.24) is 5.32 Å². The van der Waals surface area contributed by atoms with Crippen LogP contribution < -0.4 is 10.1 Å². The molecule has 0 radical (unpaired) electrons. The molecule has 0 heterocycles. The lowest BCUT2D eigenvalue weighted by atomic mass is 9.83. The Hall–Kier alpha value is -1.06. The molecular formula is C18H31NO2. The molecule has 21 heavy (non-hydrogen) atoms. The van der Waals surface area contributed by atoms with Crippen LogP contribution in [-0.2, 0) is 0 Å². The molecule has 120 valence electrons. The summed E-state index contributed by atoms with van der Waals surface area (Å²) >= 11 is 0. The molecule has 1 aromatic rings. The van der Waals surface area contributed by atoms with Crippen LogP contribution in [0.2, 0.25) is 0 Å². The second-order valence-corrected chi connectivity index (χ2v) is 5.89. The fraction of sp³-hybridized carbons (Fsp3) is 0.667. The lowest BCUT2D eigenvalue weighted by Gasteiger charge is -2.31. The van der Waals surface area contributed by atoms with Gasteiger partial charge in [0.15, 0.2) is 0 Å². The number of rotatable bonds is 10. The van der Waals surface area contributed by atoms with Gasteiger partial charge in [0.2, 0.25) is 0 Å². The van der Waals surface area contributed by atoms with Gasteiger partial charge in [0.25, 0.3) is 0 Å². The lowest BCUT2D eigenvalue weighted by Crippen LogP contribution is -2.37. The normalized spacial score (nSPS) is 13.2. The number of aliphatic hydroxyl groups is 1. The number of hydrogen-bond donors (Lipinski definition) is 2. The largest absolute Gasteiger partial charge is 0.494 e. The highest BCUT2D eigenvalue weighted by Gasteiger charge is 2.25. The Kier molecular flexibility index (Phi) is 7.76.